The van der Waals surface area contributed by atoms with E-state index in [1.807, 2.05) is 37.6 Å². The molecule has 32 heavy (non-hydrogen) atoms. The lowest BCUT2D eigenvalue weighted by Crippen LogP contribution is -2.38. The number of aromatic nitrogens is 4. The lowest BCUT2D eigenvalue weighted by atomic mass is 10.1. The molecule has 1 N–H and O–H groups in total. The summed E-state index contributed by atoms with van der Waals surface area (Å²) in [6.07, 6.45) is 5.47. The molecule has 3 aromatic heterocycles. The minimum atomic E-state index is 0.467. The van der Waals surface area contributed by atoms with Gasteiger partial charge in [0.15, 0.2) is 11.6 Å². The van der Waals surface area contributed by atoms with Crippen LogP contribution in [0.1, 0.15) is 17.0 Å². The van der Waals surface area contributed by atoms with Crippen LogP contribution < -0.4 is 19.7 Å². The first-order chi connectivity index (χ1) is 15.7. The Kier molecular flexibility index (Phi) is 7.08. The van der Waals surface area contributed by atoms with Gasteiger partial charge in [-0.15, -0.1) is 0 Å². The first kappa shape index (κ1) is 21.9. The lowest BCUT2D eigenvalue weighted by Gasteiger charge is -2.29. The average Bonchev–Trinajstić information content (AvgIpc) is 2.84. The van der Waals surface area contributed by atoms with E-state index in [1.165, 1.54) is 0 Å². The van der Waals surface area contributed by atoms with Crippen molar-refractivity contribution in [3.05, 3.63) is 53.7 Å². The number of pyridine rings is 2. The van der Waals surface area contributed by atoms with Crippen molar-refractivity contribution in [1.82, 2.24) is 25.3 Å². The Morgan fingerprint density at radius 1 is 1.03 bits per heavy atom. The zero-order chi connectivity index (χ0) is 22.3. The second-order valence-electron chi connectivity index (χ2n) is 7.49. The fourth-order valence-electron chi connectivity index (χ4n) is 3.59. The van der Waals surface area contributed by atoms with Gasteiger partial charge in [0.1, 0.15) is 0 Å². The number of methoxy groups -OCH3 is 2. The fraction of sp³-hybridized carbons (Fsp3) is 0.391. The van der Waals surface area contributed by atoms with Crippen molar-refractivity contribution in [2.75, 3.05) is 45.4 Å². The Hall–Kier alpha value is -3.30. The standard InChI is InChI=1S/C23H28N6O3/c1-16-10-17(12-24-11-16)19-15-26-22(29-6-8-32-9-7-29)20(28-19)14-25-13-18-4-5-21(30-2)23(27-18)31-3/h4-5,10-12,15,25H,6-9,13-14H2,1-3H3. The predicted molar refractivity (Wildman–Crippen MR) is 121 cm³/mol. The summed E-state index contributed by atoms with van der Waals surface area (Å²) in [7, 11) is 3.18. The summed E-state index contributed by atoms with van der Waals surface area (Å²) < 4.78 is 16.1. The van der Waals surface area contributed by atoms with Crippen molar-refractivity contribution >= 4 is 5.82 Å². The number of aryl methyl sites for hydroxylation is 1. The van der Waals surface area contributed by atoms with Gasteiger partial charge in [-0.25, -0.2) is 15.0 Å². The predicted octanol–water partition coefficient (Wildman–Crippen LogP) is 2.39. The van der Waals surface area contributed by atoms with E-state index in [9.17, 15) is 0 Å². The summed E-state index contributed by atoms with van der Waals surface area (Å²) in [5.41, 5.74) is 4.57. The van der Waals surface area contributed by atoms with Crippen LogP contribution in [0, 0.1) is 6.92 Å². The number of anilines is 1. The van der Waals surface area contributed by atoms with Gasteiger partial charge in [0.05, 0.1) is 50.7 Å². The molecule has 1 saturated heterocycles. The molecule has 0 aliphatic carbocycles. The highest BCUT2D eigenvalue weighted by atomic mass is 16.5. The van der Waals surface area contributed by atoms with Gasteiger partial charge in [-0.3, -0.25) is 4.98 Å². The van der Waals surface area contributed by atoms with E-state index in [2.05, 4.69) is 26.3 Å². The molecule has 0 unspecified atom stereocenters. The monoisotopic (exact) mass is 436 g/mol. The third-order valence-electron chi connectivity index (χ3n) is 5.20. The van der Waals surface area contributed by atoms with Gasteiger partial charge in [-0.05, 0) is 30.7 Å². The van der Waals surface area contributed by atoms with Crippen molar-refractivity contribution < 1.29 is 14.2 Å². The molecule has 0 bridgehead atoms. The number of hydrogen-bond acceptors (Lipinski definition) is 9. The molecule has 3 aromatic rings. The van der Waals surface area contributed by atoms with Gasteiger partial charge in [0.25, 0.3) is 5.88 Å². The molecule has 1 aliphatic rings. The Bertz CT molecular complexity index is 1060. The molecule has 0 saturated carbocycles. The second-order valence-corrected chi connectivity index (χ2v) is 7.49. The normalized spacial score (nSPS) is 13.8. The highest BCUT2D eigenvalue weighted by Crippen LogP contribution is 2.25. The van der Waals surface area contributed by atoms with E-state index in [1.54, 1.807) is 14.2 Å². The SMILES string of the molecule is COc1ccc(CNCc2nc(-c3cncc(C)c3)cnc2N2CCOCC2)nc1OC. The highest BCUT2D eigenvalue weighted by Gasteiger charge is 2.18. The number of ether oxygens (including phenoxy) is 3. The van der Waals surface area contributed by atoms with Gasteiger partial charge in [0.2, 0.25) is 0 Å². The maximum atomic E-state index is 5.50. The van der Waals surface area contributed by atoms with E-state index in [4.69, 9.17) is 24.2 Å². The van der Waals surface area contributed by atoms with Crippen LogP contribution in [0.15, 0.2) is 36.8 Å². The van der Waals surface area contributed by atoms with E-state index in [0.717, 1.165) is 47.1 Å². The van der Waals surface area contributed by atoms with Crippen LogP contribution in [0.5, 0.6) is 11.6 Å². The summed E-state index contributed by atoms with van der Waals surface area (Å²) in [6.45, 7) is 6.09. The number of rotatable bonds is 8. The fourth-order valence-corrected chi connectivity index (χ4v) is 3.59. The molecule has 4 heterocycles. The third kappa shape index (κ3) is 5.12. The Morgan fingerprint density at radius 3 is 2.62 bits per heavy atom. The molecule has 1 aliphatic heterocycles. The Labute approximate surface area is 187 Å². The molecule has 0 aromatic carbocycles. The minimum Gasteiger partial charge on any atom is -0.491 e. The molecule has 9 nitrogen and oxygen atoms in total. The van der Waals surface area contributed by atoms with Crippen molar-refractivity contribution in [2.45, 2.75) is 20.0 Å². The lowest BCUT2D eigenvalue weighted by molar-refractivity contribution is 0.122. The number of nitrogens with zero attached hydrogens (tertiary/aromatic N) is 5. The first-order valence-electron chi connectivity index (χ1n) is 10.6. The smallest absolute Gasteiger partial charge is 0.257 e. The van der Waals surface area contributed by atoms with Gasteiger partial charge in [0, 0.05) is 44.1 Å². The average molecular weight is 437 g/mol. The summed E-state index contributed by atoms with van der Waals surface area (Å²) in [5.74, 6) is 1.95. The molecule has 168 valence electrons. The maximum absolute atomic E-state index is 5.50. The highest BCUT2D eigenvalue weighted by molar-refractivity contribution is 5.60. The van der Waals surface area contributed by atoms with Crippen LogP contribution in [-0.4, -0.2) is 60.5 Å². The number of hydrogen-bond donors (Lipinski definition) is 1. The largest absolute Gasteiger partial charge is 0.491 e. The zero-order valence-electron chi connectivity index (χ0n) is 18.7. The van der Waals surface area contributed by atoms with Crippen LogP contribution >= 0.6 is 0 Å². The van der Waals surface area contributed by atoms with E-state index >= 15 is 0 Å². The molecule has 4 rings (SSSR count). The van der Waals surface area contributed by atoms with Gasteiger partial charge in [-0.1, -0.05) is 0 Å². The van der Waals surface area contributed by atoms with Crippen molar-refractivity contribution in [3.8, 4) is 22.9 Å². The number of nitrogens with one attached hydrogen (secondary N) is 1. The van der Waals surface area contributed by atoms with E-state index < -0.39 is 0 Å². The third-order valence-corrected chi connectivity index (χ3v) is 5.20. The zero-order valence-corrected chi connectivity index (χ0v) is 18.7. The van der Waals surface area contributed by atoms with Crippen LogP contribution in [0.25, 0.3) is 11.3 Å². The quantitative estimate of drug-likeness (QED) is 0.571. The first-order valence-corrected chi connectivity index (χ1v) is 10.6. The number of morpholine rings is 1. The molecule has 1 fully saturated rings. The molecular weight excluding hydrogens is 408 g/mol. The van der Waals surface area contributed by atoms with Gasteiger partial charge >= 0.3 is 0 Å². The van der Waals surface area contributed by atoms with Gasteiger partial charge in [-0.2, -0.15) is 0 Å². The van der Waals surface area contributed by atoms with Crippen LogP contribution in [0.2, 0.25) is 0 Å². The van der Waals surface area contributed by atoms with Crippen LogP contribution in [-0.2, 0) is 17.8 Å². The van der Waals surface area contributed by atoms with Gasteiger partial charge < -0.3 is 24.4 Å². The van der Waals surface area contributed by atoms with Crippen LogP contribution in [0.3, 0.4) is 0 Å². The molecule has 0 amide bonds. The van der Waals surface area contributed by atoms with E-state index in [0.29, 0.717) is 37.9 Å². The summed E-state index contributed by atoms with van der Waals surface area (Å²) >= 11 is 0. The van der Waals surface area contributed by atoms with Crippen molar-refractivity contribution in [3.63, 3.8) is 0 Å². The Balaban J connectivity index is 1.55. The molecule has 9 heteroatoms. The minimum absolute atomic E-state index is 0.467. The summed E-state index contributed by atoms with van der Waals surface area (Å²) in [4.78, 5) is 20.7. The molecular formula is C23H28N6O3. The van der Waals surface area contributed by atoms with Crippen LogP contribution in [0.4, 0.5) is 5.82 Å². The second kappa shape index (κ2) is 10.3. The molecule has 0 radical (unpaired) electrons. The van der Waals surface area contributed by atoms with Crippen molar-refractivity contribution in [1.29, 1.82) is 0 Å². The molecule has 0 atom stereocenters. The topological polar surface area (TPSA) is 94.5 Å². The maximum Gasteiger partial charge on any atom is 0.257 e. The molecule has 0 spiro atoms. The summed E-state index contributed by atoms with van der Waals surface area (Å²) in [6, 6.07) is 5.83. The van der Waals surface area contributed by atoms with Crippen molar-refractivity contribution in [2.24, 2.45) is 0 Å². The Morgan fingerprint density at radius 2 is 1.88 bits per heavy atom. The summed E-state index contributed by atoms with van der Waals surface area (Å²) in [5, 5.41) is 3.44. The van der Waals surface area contributed by atoms with E-state index in [-0.39, 0.29) is 0 Å².